The summed E-state index contributed by atoms with van der Waals surface area (Å²) in [5, 5.41) is 14.5. The average molecular weight is 350 g/mol. The second kappa shape index (κ2) is 11.5. The molecular formula is C19H30N2O4. The number of carbonyl (C=O) groups excluding carboxylic acids is 1. The number of aliphatic carboxylic acids is 1. The van der Waals surface area contributed by atoms with Crippen LogP contribution in [0.15, 0.2) is 24.3 Å². The van der Waals surface area contributed by atoms with E-state index in [0.717, 1.165) is 18.8 Å². The van der Waals surface area contributed by atoms with Crippen molar-refractivity contribution in [3.8, 4) is 0 Å². The summed E-state index contributed by atoms with van der Waals surface area (Å²) in [5.74, 6) is -0.339. The smallest absolute Gasteiger partial charge is 0.353 e. The van der Waals surface area contributed by atoms with Gasteiger partial charge in [-0.1, -0.05) is 39.5 Å². The van der Waals surface area contributed by atoms with Gasteiger partial charge in [-0.15, -0.1) is 0 Å². The molecule has 1 aromatic rings. The zero-order valence-corrected chi connectivity index (χ0v) is 15.4. The molecule has 6 heteroatoms. The first kappa shape index (κ1) is 21.0. The van der Waals surface area contributed by atoms with E-state index in [4.69, 9.17) is 9.84 Å². The van der Waals surface area contributed by atoms with Crippen LogP contribution in [0.1, 0.15) is 52.4 Å². The van der Waals surface area contributed by atoms with Gasteiger partial charge in [-0.05, 0) is 36.6 Å². The number of amides is 1. The Hall–Kier alpha value is -2.08. The molecular weight excluding hydrogens is 320 g/mol. The van der Waals surface area contributed by atoms with Crippen LogP contribution in [0.4, 0.5) is 11.4 Å². The number of methoxy groups -OCH3 is 1. The van der Waals surface area contributed by atoms with Crippen molar-refractivity contribution >= 4 is 23.3 Å². The summed E-state index contributed by atoms with van der Waals surface area (Å²) in [6, 6.07) is 6.88. The summed E-state index contributed by atoms with van der Waals surface area (Å²) >= 11 is 0. The van der Waals surface area contributed by atoms with Crippen LogP contribution in [0.25, 0.3) is 0 Å². The minimum Gasteiger partial charge on any atom is -0.478 e. The number of nitrogens with one attached hydrogen (secondary N) is 2. The Morgan fingerprint density at radius 3 is 2.20 bits per heavy atom. The molecule has 1 amide bonds. The van der Waals surface area contributed by atoms with Crippen molar-refractivity contribution in [2.24, 2.45) is 5.92 Å². The maximum Gasteiger partial charge on any atom is 0.353 e. The lowest BCUT2D eigenvalue weighted by Crippen LogP contribution is -2.30. The Bertz CT molecular complexity index is 529. The van der Waals surface area contributed by atoms with E-state index in [2.05, 4.69) is 24.5 Å². The molecule has 6 nitrogen and oxygen atoms in total. The van der Waals surface area contributed by atoms with Gasteiger partial charge in [-0.25, -0.2) is 4.79 Å². The van der Waals surface area contributed by atoms with E-state index in [1.165, 1.54) is 26.4 Å². The Morgan fingerprint density at radius 2 is 1.64 bits per heavy atom. The summed E-state index contributed by atoms with van der Waals surface area (Å²) < 4.78 is 4.82. The summed E-state index contributed by atoms with van der Waals surface area (Å²) in [4.78, 5) is 22.8. The Labute approximate surface area is 150 Å². The van der Waals surface area contributed by atoms with E-state index in [0.29, 0.717) is 17.8 Å². The first-order valence-corrected chi connectivity index (χ1v) is 8.84. The number of anilines is 2. The minimum atomic E-state index is -1.10. The number of unbranched alkanes of at least 4 members (excludes halogenated alkanes) is 3. The van der Waals surface area contributed by atoms with Crippen LogP contribution in [-0.2, 0) is 14.3 Å². The molecule has 1 aromatic carbocycles. The number of carboxylic acid groups (broad SMARTS) is 1. The number of rotatable bonds is 12. The predicted molar refractivity (Wildman–Crippen MR) is 99.7 cm³/mol. The van der Waals surface area contributed by atoms with Gasteiger partial charge >= 0.3 is 5.97 Å². The lowest BCUT2D eigenvalue weighted by atomic mass is 10.0. The molecule has 1 rings (SSSR count). The fraction of sp³-hybridized carbons (Fsp3) is 0.579. The molecule has 0 aliphatic carbocycles. The topological polar surface area (TPSA) is 87.7 Å². The van der Waals surface area contributed by atoms with E-state index in [9.17, 15) is 9.59 Å². The molecule has 1 unspecified atom stereocenters. The second-order valence-electron chi connectivity index (χ2n) is 6.57. The van der Waals surface area contributed by atoms with Gasteiger partial charge in [0.1, 0.15) is 0 Å². The van der Waals surface area contributed by atoms with Crippen molar-refractivity contribution in [3.63, 3.8) is 0 Å². The normalized spacial score (nSPS) is 12.0. The third-order valence-corrected chi connectivity index (χ3v) is 3.86. The van der Waals surface area contributed by atoms with E-state index in [-0.39, 0.29) is 5.91 Å². The largest absolute Gasteiger partial charge is 0.478 e. The first-order chi connectivity index (χ1) is 11.9. The number of hydrogen-bond acceptors (Lipinski definition) is 4. The van der Waals surface area contributed by atoms with E-state index in [1.54, 1.807) is 24.3 Å². The van der Waals surface area contributed by atoms with Gasteiger partial charge in [-0.2, -0.15) is 0 Å². The van der Waals surface area contributed by atoms with Gasteiger partial charge in [0.2, 0.25) is 12.1 Å². The molecule has 25 heavy (non-hydrogen) atoms. The van der Waals surface area contributed by atoms with Crippen molar-refractivity contribution in [2.45, 2.75) is 58.6 Å². The van der Waals surface area contributed by atoms with E-state index in [1.807, 2.05) is 0 Å². The Balaban J connectivity index is 2.30. The predicted octanol–water partition coefficient (Wildman–Crippen LogP) is 4.09. The van der Waals surface area contributed by atoms with Gasteiger partial charge < -0.3 is 20.5 Å². The van der Waals surface area contributed by atoms with Crippen molar-refractivity contribution in [1.82, 2.24) is 0 Å². The highest BCUT2D eigenvalue weighted by Crippen LogP contribution is 2.16. The molecule has 0 heterocycles. The lowest BCUT2D eigenvalue weighted by Gasteiger charge is -2.14. The molecule has 0 spiro atoms. The van der Waals surface area contributed by atoms with Crippen molar-refractivity contribution < 1.29 is 19.4 Å². The van der Waals surface area contributed by atoms with Gasteiger partial charge in [0.25, 0.3) is 0 Å². The fourth-order valence-electron chi connectivity index (χ4n) is 2.44. The molecule has 0 fully saturated rings. The van der Waals surface area contributed by atoms with Crippen LogP contribution in [0.3, 0.4) is 0 Å². The van der Waals surface area contributed by atoms with E-state index < -0.39 is 12.2 Å². The number of carboxylic acids is 1. The van der Waals surface area contributed by atoms with E-state index >= 15 is 0 Å². The molecule has 0 aliphatic heterocycles. The van der Waals surface area contributed by atoms with Crippen LogP contribution in [0.2, 0.25) is 0 Å². The summed E-state index contributed by atoms with van der Waals surface area (Å²) in [5.41, 5.74) is 1.30. The second-order valence-corrected chi connectivity index (χ2v) is 6.57. The van der Waals surface area contributed by atoms with Crippen LogP contribution in [-0.4, -0.2) is 30.3 Å². The quantitative estimate of drug-likeness (QED) is 0.390. The third kappa shape index (κ3) is 9.10. The molecule has 0 radical (unpaired) electrons. The van der Waals surface area contributed by atoms with Crippen LogP contribution in [0.5, 0.6) is 0 Å². The zero-order chi connectivity index (χ0) is 18.7. The molecule has 0 aromatic heterocycles. The first-order valence-electron chi connectivity index (χ1n) is 8.84. The van der Waals surface area contributed by atoms with Gasteiger partial charge in [-0.3, -0.25) is 4.79 Å². The number of carbonyl (C=O) groups is 2. The highest BCUT2D eigenvalue weighted by Gasteiger charge is 2.15. The Kier molecular flexibility index (Phi) is 9.62. The van der Waals surface area contributed by atoms with Crippen LogP contribution >= 0.6 is 0 Å². The molecule has 0 bridgehead atoms. The molecule has 1 atom stereocenters. The molecule has 0 aliphatic rings. The molecule has 0 saturated carbocycles. The summed E-state index contributed by atoms with van der Waals surface area (Å²) in [6.07, 6.45) is 5.05. The summed E-state index contributed by atoms with van der Waals surface area (Å²) in [7, 11) is 1.32. The molecule has 3 N–H and O–H groups in total. The molecule has 140 valence electrons. The Morgan fingerprint density at radius 1 is 1.04 bits per heavy atom. The number of benzene rings is 1. The van der Waals surface area contributed by atoms with Crippen LogP contribution in [0, 0.1) is 5.92 Å². The fourth-order valence-corrected chi connectivity index (χ4v) is 2.44. The standard InChI is InChI=1S/C19H30N2O4/c1-14(2)8-6-4-5-7-9-17(22)20-15-10-12-16(13-11-15)21-18(25-3)19(23)24/h10-14,18,21H,4-9H2,1-3H3,(H,20,22)(H,23,24). The molecule has 0 saturated heterocycles. The van der Waals surface area contributed by atoms with Gasteiger partial charge in [0.05, 0.1) is 0 Å². The average Bonchev–Trinajstić information content (AvgIpc) is 2.56. The monoisotopic (exact) mass is 350 g/mol. The van der Waals surface area contributed by atoms with Crippen molar-refractivity contribution in [2.75, 3.05) is 17.7 Å². The van der Waals surface area contributed by atoms with Gasteiger partial charge in [0, 0.05) is 24.9 Å². The van der Waals surface area contributed by atoms with Crippen LogP contribution < -0.4 is 10.6 Å². The van der Waals surface area contributed by atoms with Crippen molar-refractivity contribution in [1.29, 1.82) is 0 Å². The highest BCUT2D eigenvalue weighted by atomic mass is 16.5. The highest BCUT2D eigenvalue weighted by molar-refractivity contribution is 5.90. The lowest BCUT2D eigenvalue weighted by molar-refractivity contribution is -0.146. The SMILES string of the molecule is COC(Nc1ccc(NC(=O)CCCCCCC(C)C)cc1)C(=O)O. The third-order valence-electron chi connectivity index (χ3n) is 3.86. The minimum absolute atomic E-state index is 0.00451. The van der Waals surface area contributed by atoms with Crippen molar-refractivity contribution in [3.05, 3.63) is 24.3 Å². The zero-order valence-electron chi connectivity index (χ0n) is 15.4. The summed E-state index contributed by atoms with van der Waals surface area (Å²) in [6.45, 7) is 4.46. The maximum atomic E-state index is 11.9. The number of hydrogen-bond donors (Lipinski definition) is 3. The number of ether oxygens (including phenoxy) is 1. The van der Waals surface area contributed by atoms with Gasteiger partial charge in [0.15, 0.2) is 0 Å². The maximum absolute atomic E-state index is 11.9.